The van der Waals surface area contributed by atoms with E-state index in [0.29, 0.717) is 12.8 Å². The highest BCUT2D eigenvalue weighted by molar-refractivity contribution is 5.49. The molecule has 0 aliphatic rings. The summed E-state index contributed by atoms with van der Waals surface area (Å²) < 4.78 is 0. The molecule has 0 saturated carbocycles. The highest BCUT2D eigenvalue weighted by Gasteiger charge is 1.88. The van der Waals surface area contributed by atoms with Crippen LogP contribution in [0.5, 0.6) is 0 Å². The smallest absolute Gasteiger partial charge is 0.120 e. The van der Waals surface area contributed by atoms with Crippen LogP contribution in [0.1, 0.15) is 26.2 Å². The fourth-order valence-corrected chi connectivity index (χ4v) is 0.595. The molecule has 0 spiro atoms. The van der Waals surface area contributed by atoms with Gasteiger partial charge in [-0.15, -0.1) is 0 Å². The molecule has 0 aliphatic heterocycles. The molecule has 2 nitrogen and oxygen atoms in total. The van der Waals surface area contributed by atoms with E-state index in [1.807, 2.05) is 13.0 Å². The van der Waals surface area contributed by atoms with Crippen molar-refractivity contribution in [3.05, 3.63) is 11.6 Å². The molecule has 0 radical (unpaired) electrons. The largest absolute Gasteiger partial charge is 0.303 e. The Morgan fingerprint density at radius 1 is 1.60 bits per heavy atom. The minimum absolute atomic E-state index is 0.519. The van der Waals surface area contributed by atoms with Crippen molar-refractivity contribution in [3.63, 3.8) is 0 Å². The summed E-state index contributed by atoms with van der Waals surface area (Å²) in [5.74, 6) is 0. The van der Waals surface area contributed by atoms with Crippen molar-refractivity contribution in [3.8, 4) is 6.07 Å². The topological polar surface area (TPSA) is 40.9 Å². The van der Waals surface area contributed by atoms with Crippen molar-refractivity contribution in [1.29, 1.82) is 5.26 Å². The highest BCUT2D eigenvalue weighted by atomic mass is 16.1. The molecule has 0 atom stereocenters. The van der Waals surface area contributed by atoms with Crippen molar-refractivity contribution in [2.24, 2.45) is 0 Å². The van der Waals surface area contributed by atoms with Crippen LogP contribution in [0, 0.1) is 11.3 Å². The monoisotopic (exact) mass is 137 g/mol. The molecule has 0 bridgehead atoms. The van der Waals surface area contributed by atoms with Crippen LogP contribution in [0.25, 0.3) is 0 Å². The van der Waals surface area contributed by atoms with E-state index in [9.17, 15) is 4.79 Å². The van der Waals surface area contributed by atoms with Crippen LogP contribution in [0.3, 0.4) is 0 Å². The zero-order valence-corrected chi connectivity index (χ0v) is 6.13. The van der Waals surface area contributed by atoms with Crippen LogP contribution >= 0.6 is 0 Å². The maximum atomic E-state index is 9.85. The second-order valence-electron chi connectivity index (χ2n) is 1.94. The number of carbonyl (C=O) groups is 1. The Morgan fingerprint density at radius 2 is 2.30 bits per heavy atom. The summed E-state index contributed by atoms with van der Waals surface area (Å²) >= 11 is 0. The van der Waals surface area contributed by atoms with Gasteiger partial charge >= 0.3 is 0 Å². The summed E-state index contributed by atoms with van der Waals surface area (Å²) in [5.41, 5.74) is 0.766. The average Bonchev–Trinajstić information content (AvgIpc) is 1.99. The molecule has 54 valence electrons. The predicted molar refractivity (Wildman–Crippen MR) is 39.3 cm³/mol. The summed E-state index contributed by atoms with van der Waals surface area (Å²) in [6.07, 6.45) is 4.65. The van der Waals surface area contributed by atoms with Crippen LogP contribution in [0.15, 0.2) is 11.6 Å². The highest BCUT2D eigenvalue weighted by Crippen LogP contribution is 2.00. The Hall–Kier alpha value is -1.10. The Morgan fingerprint density at radius 3 is 2.70 bits per heavy atom. The average molecular weight is 137 g/mol. The summed E-state index contributed by atoms with van der Waals surface area (Å²) in [6.45, 7) is 1.93. The van der Waals surface area contributed by atoms with Gasteiger partial charge in [-0.1, -0.05) is 13.0 Å². The molecule has 0 aromatic heterocycles. The fourth-order valence-electron chi connectivity index (χ4n) is 0.595. The Balaban J connectivity index is 3.66. The third-order valence-corrected chi connectivity index (χ3v) is 1.20. The molecule has 0 aliphatic carbocycles. The van der Waals surface area contributed by atoms with E-state index in [4.69, 9.17) is 5.26 Å². The zero-order chi connectivity index (χ0) is 7.82. The lowest BCUT2D eigenvalue weighted by Gasteiger charge is -1.88. The van der Waals surface area contributed by atoms with Gasteiger partial charge in [0.1, 0.15) is 6.29 Å². The van der Waals surface area contributed by atoms with Gasteiger partial charge in [-0.05, 0) is 12.8 Å². The molecular formula is C8H11NO. The van der Waals surface area contributed by atoms with E-state index in [1.165, 1.54) is 0 Å². The standard InChI is InChI=1S/C8H11NO/c1-2-8(7-9)5-3-4-6-10/h5-6H,2-4H2,1H3/b8-5+. The summed E-state index contributed by atoms with van der Waals surface area (Å²) in [6, 6.07) is 2.06. The quantitative estimate of drug-likeness (QED) is 0.337. The minimum Gasteiger partial charge on any atom is -0.303 e. The van der Waals surface area contributed by atoms with Gasteiger partial charge in [-0.25, -0.2) is 0 Å². The van der Waals surface area contributed by atoms with Crippen LogP contribution in [-0.4, -0.2) is 6.29 Å². The van der Waals surface area contributed by atoms with Gasteiger partial charge in [0, 0.05) is 12.0 Å². The molecule has 0 rings (SSSR count). The van der Waals surface area contributed by atoms with Gasteiger partial charge in [-0.3, -0.25) is 0 Å². The maximum absolute atomic E-state index is 9.85. The molecule has 0 N–H and O–H groups in total. The van der Waals surface area contributed by atoms with E-state index < -0.39 is 0 Å². The molecule has 0 aromatic carbocycles. The van der Waals surface area contributed by atoms with Gasteiger partial charge in [0.15, 0.2) is 0 Å². The second kappa shape index (κ2) is 6.03. The van der Waals surface area contributed by atoms with E-state index >= 15 is 0 Å². The summed E-state index contributed by atoms with van der Waals surface area (Å²) in [4.78, 5) is 9.85. The second-order valence-corrected chi connectivity index (χ2v) is 1.94. The number of nitrogens with zero attached hydrogens (tertiary/aromatic N) is 1. The van der Waals surface area contributed by atoms with Crippen molar-refractivity contribution >= 4 is 6.29 Å². The molecule has 0 aromatic rings. The van der Waals surface area contributed by atoms with Crippen LogP contribution in [0.2, 0.25) is 0 Å². The van der Waals surface area contributed by atoms with E-state index in [-0.39, 0.29) is 0 Å². The molecule has 0 fully saturated rings. The van der Waals surface area contributed by atoms with Gasteiger partial charge in [-0.2, -0.15) is 5.26 Å². The number of unbranched alkanes of at least 4 members (excludes halogenated alkanes) is 1. The van der Waals surface area contributed by atoms with Crippen LogP contribution < -0.4 is 0 Å². The third kappa shape index (κ3) is 3.85. The molecule has 10 heavy (non-hydrogen) atoms. The van der Waals surface area contributed by atoms with Gasteiger partial charge in [0.05, 0.1) is 6.07 Å². The van der Waals surface area contributed by atoms with Crippen molar-refractivity contribution in [2.45, 2.75) is 26.2 Å². The summed E-state index contributed by atoms with van der Waals surface area (Å²) in [7, 11) is 0. The molecule has 0 unspecified atom stereocenters. The number of rotatable bonds is 4. The first-order valence-corrected chi connectivity index (χ1v) is 3.38. The number of allylic oxidation sites excluding steroid dienone is 2. The third-order valence-electron chi connectivity index (χ3n) is 1.20. The van der Waals surface area contributed by atoms with Crippen molar-refractivity contribution < 1.29 is 4.79 Å². The molecule has 0 saturated heterocycles. The first-order chi connectivity index (χ1) is 4.85. The fraction of sp³-hybridized carbons (Fsp3) is 0.500. The first-order valence-electron chi connectivity index (χ1n) is 3.38. The Bertz CT molecular complexity index is 165. The van der Waals surface area contributed by atoms with Gasteiger partial charge in [0.25, 0.3) is 0 Å². The summed E-state index contributed by atoms with van der Waals surface area (Å²) in [5, 5.41) is 8.42. The van der Waals surface area contributed by atoms with Crippen molar-refractivity contribution in [2.75, 3.05) is 0 Å². The Kier molecular flexibility index (Phi) is 5.36. The molecule has 0 heterocycles. The number of hydrogen-bond acceptors (Lipinski definition) is 2. The number of carbonyl (C=O) groups excluding carboxylic acids is 1. The number of aldehydes is 1. The lowest BCUT2D eigenvalue weighted by Crippen LogP contribution is -1.76. The van der Waals surface area contributed by atoms with Gasteiger partial charge < -0.3 is 4.79 Å². The van der Waals surface area contributed by atoms with Crippen LogP contribution in [0.4, 0.5) is 0 Å². The first kappa shape index (κ1) is 8.90. The SMILES string of the molecule is CC/C(C#N)=C\CCC=O. The lowest BCUT2D eigenvalue weighted by atomic mass is 10.2. The molecular weight excluding hydrogens is 126 g/mol. The van der Waals surface area contributed by atoms with Crippen molar-refractivity contribution in [1.82, 2.24) is 0 Å². The van der Waals surface area contributed by atoms with E-state index in [1.54, 1.807) is 0 Å². The maximum Gasteiger partial charge on any atom is 0.120 e. The van der Waals surface area contributed by atoms with Gasteiger partial charge in [0.2, 0.25) is 0 Å². The molecule has 0 amide bonds. The van der Waals surface area contributed by atoms with Crippen LogP contribution in [-0.2, 0) is 4.79 Å². The number of hydrogen-bond donors (Lipinski definition) is 0. The lowest BCUT2D eigenvalue weighted by molar-refractivity contribution is -0.107. The number of nitriles is 1. The molecule has 2 heteroatoms. The minimum atomic E-state index is 0.519. The predicted octanol–water partition coefficient (Wildman–Crippen LogP) is 1.83. The van der Waals surface area contributed by atoms with E-state index in [2.05, 4.69) is 6.07 Å². The van der Waals surface area contributed by atoms with E-state index in [0.717, 1.165) is 18.3 Å². The Labute approximate surface area is 61.2 Å². The zero-order valence-electron chi connectivity index (χ0n) is 6.13. The normalized spacial score (nSPS) is 10.6.